The highest BCUT2D eigenvalue weighted by Gasteiger charge is 2.46. The Morgan fingerprint density at radius 2 is 2.06 bits per heavy atom. The molecular formula is C22H27F3N5O+. The number of imidazole rings is 1. The van der Waals surface area contributed by atoms with E-state index in [1.807, 2.05) is 12.1 Å². The van der Waals surface area contributed by atoms with Crippen LogP contribution in [0.25, 0.3) is 0 Å². The predicted molar refractivity (Wildman–Crippen MR) is 109 cm³/mol. The smallest absolute Gasteiger partial charge is 0.344 e. The number of rotatable bonds is 8. The molecule has 2 atom stereocenters. The molecule has 1 N–H and O–H groups in total. The number of benzene rings is 1. The van der Waals surface area contributed by atoms with Crippen molar-refractivity contribution in [2.45, 2.75) is 38.4 Å². The molecule has 1 aliphatic rings. The van der Waals surface area contributed by atoms with Crippen molar-refractivity contribution in [1.82, 2.24) is 14.9 Å². The highest BCUT2D eigenvalue weighted by molar-refractivity contribution is 5.78. The third kappa shape index (κ3) is 5.64. The van der Waals surface area contributed by atoms with Gasteiger partial charge in [0.15, 0.2) is 6.54 Å². The molecule has 1 fully saturated rings. The Bertz CT molecular complexity index is 905. The molecule has 1 aromatic heterocycles. The van der Waals surface area contributed by atoms with Gasteiger partial charge in [-0.15, -0.1) is 0 Å². The molecule has 2 heterocycles. The van der Waals surface area contributed by atoms with E-state index < -0.39 is 18.6 Å². The van der Waals surface area contributed by atoms with Crippen LogP contribution in [-0.2, 0) is 11.2 Å². The van der Waals surface area contributed by atoms with Gasteiger partial charge < -0.3 is 14.4 Å². The summed E-state index contributed by atoms with van der Waals surface area (Å²) in [6.07, 6.45) is 1.28. The summed E-state index contributed by atoms with van der Waals surface area (Å²) in [6.45, 7) is 2.09. The first kappa shape index (κ1) is 22.8. The molecule has 9 heteroatoms. The zero-order valence-electron chi connectivity index (χ0n) is 17.5. The van der Waals surface area contributed by atoms with E-state index in [4.69, 9.17) is 5.26 Å². The van der Waals surface area contributed by atoms with Gasteiger partial charge in [0.1, 0.15) is 12.6 Å². The zero-order valence-corrected chi connectivity index (χ0v) is 17.5. The third-order valence-corrected chi connectivity index (χ3v) is 6.00. The number of hydrogen-bond acceptors (Lipinski definition) is 3. The van der Waals surface area contributed by atoms with Crippen molar-refractivity contribution >= 4 is 5.91 Å². The molecular weight excluding hydrogens is 407 g/mol. The number of alkyl halides is 3. The lowest BCUT2D eigenvalue weighted by Crippen LogP contribution is -2.64. The number of halogens is 3. The summed E-state index contributed by atoms with van der Waals surface area (Å²) in [5.74, 6) is -0.468. The van der Waals surface area contributed by atoms with Crippen LogP contribution in [0.15, 0.2) is 36.8 Å². The molecule has 3 rings (SSSR count). The summed E-state index contributed by atoms with van der Waals surface area (Å²) in [4.78, 5) is 21.0. The molecule has 1 amide bonds. The second-order valence-electron chi connectivity index (χ2n) is 8.14. The number of nitrogens with zero attached hydrogens (tertiary/aromatic N) is 4. The number of piperazine rings is 1. The van der Waals surface area contributed by atoms with Gasteiger partial charge in [0.25, 0.3) is 5.91 Å². The van der Waals surface area contributed by atoms with E-state index in [0.717, 1.165) is 29.0 Å². The second-order valence-corrected chi connectivity index (χ2v) is 8.14. The van der Waals surface area contributed by atoms with Crippen molar-refractivity contribution in [1.29, 1.82) is 5.26 Å². The standard InChI is InChI=1S/C22H27F3N5O/c1-2-3-9-30(10-8-29(21(31)14-30)15-22(23,24)25)20(19-13-27-16-28-19)11-17-4-6-18(12-26)7-5-17/h4-7,13,16,20H,2-3,8-11,14-15H2,1H3,(H,27,28)/q+1. The molecule has 31 heavy (non-hydrogen) atoms. The largest absolute Gasteiger partial charge is 0.406 e. The van der Waals surface area contributed by atoms with E-state index in [2.05, 4.69) is 23.0 Å². The van der Waals surface area contributed by atoms with Crippen molar-refractivity contribution in [3.63, 3.8) is 0 Å². The maximum atomic E-state index is 12.9. The van der Waals surface area contributed by atoms with E-state index in [1.165, 1.54) is 0 Å². The minimum atomic E-state index is -4.41. The van der Waals surface area contributed by atoms with Crippen LogP contribution >= 0.6 is 0 Å². The van der Waals surface area contributed by atoms with E-state index in [-0.39, 0.29) is 19.1 Å². The molecule has 0 radical (unpaired) electrons. The fourth-order valence-electron chi connectivity index (χ4n) is 4.35. The van der Waals surface area contributed by atoms with Crippen LogP contribution in [0.4, 0.5) is 13.2 Å². The van der Waals surface area contributed by atoms with Gasteiger partial charge in [-0.2, -0.15) is 18.4 Å². The lowest BCUT2D eigenvalue weighted by molar-refractivity contribution is -0.953. The summed E-state index contributed by atoms with van der Waals surface area (Å²) in [7, 11) is 0. The van der Waals surface area contributed by atoms with Gasteiger partial charge in [-0.3, -0.25) is 4.79 Å². The minimum Gasteiger partial charge on any atom is -0.344 e. The van der Waals surface area contributed by atoms with Gasteiger partial charge in [-0.05, 0) is 24.1 Å². The number of hydrogen-bond donors (Lipinski definition) is 1. The Kier molecular flexibility index (Phi) is 7.01. The second kappa shape index (κ2) is 9.52. The quantitative estimate of drug-likeness (QED) is 0.646. The molecule has 166 valence electrons. The number of carbonyl (C=O) groups is 1. The van der Waals surface area contributed by atoms with Gasteiger partial charge >= 0.3 is 6.18 Å². The fraction of sp³-hybridized carbons (Fsp3) is 0.500. The lowest BCUT2D eigenvalue weighted by Gasteiger charge is -2.49. The minimum absolute atomic E-state index is 0.0239. The Balaban J connectivity index is 1.92. The van der Waals surface area contributed by atoms with Crippen LogP contribution in [0.1, 0.15) is 42.6 Å². The molecule has 0 bridgehead atoms. The number of H-pyrrole nitrogens is 1. The van der Waals surface area contributed by atoms with Crippen LogP contribution in [0.2, 0.25) is 0 Å². The topological polar surface area (TPSA) is 72.8 Å². The molecule has 1 saturated heterocycles. The molecule has 2 unspecified atom stereocenters. The Morgan fingerprint density at radius 3 is 2.61 bits per heavy atom. The first-order valence-electron chi connectivity index (χ1n) is 10.4. The first-order chi connectivity index (χ1) is 14.8. The number of unbranched alkanes of at least 4 members (excludes halogenated alkanes) is 1. The van der Waals surface area contributed by atoms with Crippen molar-refractivity contribution in [3.8, 4) is 6.07 Å². The Labute approximate surface area is 179 Å². The lowest BCUT2D eigenvalue weighted by atomic mass is 9.96. The normalized spacial score (nSPS) is 20.5. The van der Waals surface area contributed by atoms with Crippen LogP contribution in [0.5, 0.6) is 0 Å². The number of amides is 1. The summed E-state index contributed by atoms with van der Waals surface area (Å²) >= 11 is 0. The van der Waals surface area contributed by atoms with Crippen molar-refractivity contribution in [3.05, 3.63) is 53.6 Å². The number of nitriles is 1. The van der Waals surface area contributed by atoms with Gasteiger partial charge in [0.2, 0.25) is 0 Å². The third-order valence-electron chi connectivity index (χ3n) is 6.00. The zero-order chi connectivity index (χ0) is 22.5. The summed E-state index contributed by atoms with van der Waals surface area (Å²) < 4.78 is 39.1. The van der Waals surface area contributed by atoms with E-state index in [9.17, 15) is 18.0 Å². The maximum Gasteiger partial charge on any atom is 0.406 e. The molecule has 1 aromatic carbocycles. The van der Waals surface area contributed by atoms with Gasteiger partial charge in [-0.25, -0.2) is 4.98 Å². The van der Waals surface area contributed by atoms with E-state index in [1.54, 1.807) is 24.7 Å². The average molecular weight is 434 g/mol. The molecule has 6 nitrogen and oxygen atoms in total. The Morgan fingerprint density at radius 1 is 1.32 bits per heavy atom. The van der Waals surface area contributed by atoms with Crippen molar-refractivity contribution in [2.24, 2.45) is 0 Å². The Hall–Kier alpha value is -2.86. The number of aromatic nitrogens is 2. The first-order valence-corrected chi connectivity index (χ1v) is 10.4. The summed E-state index contributed by atoms with van der Waals surface area (Å²) in [5, 5.41) is 9.05. The van der Waals surface area contributed by atoms with Crippen LogP contribution in [0.3, 0.4) is 0 Å². The SMILES string of the molecule is CCCC[N+]1(C(Cc2ccc(C#N)cc2)c2cnc[nH]2)CCN(CC(F)(F)F)C(=O)C1. The average Bonchev–Trinajstić information content (AvgIpc) is 3.26. The number of nitrogens with one attached hydrogen (secondary N) is 1. The number of aromatic amines is 1. The van der Waals surface area contributed by atoms with Crippen molar-refractivity contribution < 1.29 is 22.4 Å². The molecule has 0 spiro atoms. The molecule has 2 aromatic rings. The van der Waals surface area contributed by atoms with Gasteiger partial charge in [0, 0.05) is 6.42 Å². The van der Waals surface area contributed by atoms with Crippen molar-refractivity contribution in [2.75, 3.05) is 32.7 Å². The molecule has 1 aliphatic heterocycles. The number of quaternary nitrogens is 1. The predicted octanol–water partition coefficient (Wildman–Crippen LogP) is 3.59. The molecule has 0 aliphatic carbocycles. The summed E-state index contributed by atoms with van der Waals surface area (Å²) in [6, 6.07) is 9.23. The monoisotopic (exact) mass is 434 g/mol. The fourth-order valence-corrected chi connectivity index (χ4v) is 4.35. The summed E-state index contributed by atoms with van der Waals surface area (Å²) in [5.41, 5.74) is 2.42. The maximum absolute atomic E-state index is 12.9. The van der Waals surface area contributed by atoms with Gasteiger partial charge in [-0.1, -0.05) is 25.5 Å². The van der Waals surface area contributed by atoms with E-state index >= 15 is 0 Å². The van der Waals surface area contributed by atoms with Crippen LogP contribution < -0.4 is 0 Å². The van der Waals surface area contributed by atoms with E-state index in [0.29, 0.717) is 29.6 Å². The van der Waals surface area contributed by atoms with Crippen LogP contribution in [-0.4, -0.2) is 64.2 Å². The van der Waals surface area contributed by atoms with Gasteiger partial charge in [0.05, 0.1) is 49.5 Å². The number of carbonyl (C=O) groups excluding carboxylic acids is 1. The van der Waals surface area contributed by atoms with Crippen LogP contribution in [0, 0.1) is 11.3 Å². The highest BCUT2D eigenvalue weighted by atomic mass is 19.4. The highest BCUT2D eigenvalue weighted by Crippen LogP contribution is 2.34. The molecule has 0 saturated carbocycles.